The van der Waals surface area contributed by atoms with Crippen molar-refractivity contribution in [3.05, 3.63) is 40.3 Å². The number of aryl methyl sites for hydroxylation is 1. The van der Waals surface area contributed by atoms with E-state index in [4.69, 9.17) is 4.74 Å². The topological polar surface area (TPSA) is 97.3 Å². The lowest BCUT2D eigenvalue weighted by atomic mass is 9.98. The number of H-pyrrole nitrogens is 1. The van der Waals surface area contributed by atoms with Crippen LogP contribution in [0.2, 0.25) is 0 Å². The minimum Gasteiger partial charge on any atom is -0.466 e. The Hall–Kier alpha value is -3.16. The number of likely N-dealkylation sites (tertiary alicyclic amines) is 1. The van der Waals surface area contributed by atoms with Crippen molar-refractivity contribution in [3.63, 3.8) is 0 Å². The van der Waals surface area contributed by atoms with Crippen LogP contribution in [0, 0.1) is 12.8 Å². The lowest BCUT2D eigenvalue weighted by molar-refractivity contribution is -0.151. The molecule has 8 nitrogen and oxygen atoms in total. The van der Waals surface area contributed by atoms with Crippen molar-refractivity contribution in [1.29, 1.82) is 0 Å². The molecule has 2 aromatic heterocycles. The lowest BCUT2D eigenvalue weighted by Crippen LogP contribution is -2.45. The summed E-state index contributed by atoms with van der Waals surface area (Å²) in [5.41, 5.74) is 2.07. The smallest absolute Gasteiger partial charge is 0.310 e. The highest BCUT2D eigenvalue weighted by atomic mass is 16.5. The summed E-state index contributed by atoms with van der Waals surface area (Å²) in [6.45, 7) is 4.82. The van der Waals surface area contributed by atoms with Gasteiger partial charge in [-0.25, -0.2) is 4.68 Å². The molecule has 0 bridgehead atoms. The molecule has 0 radical (unpaired) electrons. The fraction of sp³-hybridized carbons (Fsp3) is 0.429. The van der Waals surface area contributed by atoms with Crippen LogP contribution < -0.4 is 5.56 Å². The van der Waals surface area contributed by atoms with E-state index in [0.717, 1.165) is 28.3 Å². The molecule has 1 aromatic carbocycles. The molecule has 3 aromatic rings. The van der Waals surface area contributed by atoms with E-state index < -0.39 is 0 Å². The molecule has 1 amide bonds. The van der Waals surface area contributed by atoms with Gasteiger partial charge in [0.2, 0.25) is 5.91 Å². The zero-order chi connectivity index (χ0) is 20.5. The molecule has 1 saturated heterocycles. The van der Waals surface area contributed by atoms with Crippen LogP contribution in [-0.2, 0) is 20.9 Å². The Bertz CT molecular complexity index is 1150. The summed E-state index contributed by atoms with van der Waals surface area (Å²) in [6.07, 6.45) is 3.07. The predicted octanol–water partition coefficient (Wildman–Crippen LogP) is 1.99. The van der Waals surface area contributed by atoms with E-state index in [9.17, 15) is 14.4 Å². The van der Waals surface area contributed by atoms with Gasteiger partial charge in [0.1, 0.15) is 12.1 Å². The number of nitrogens with one attached hydrogen (secondary N) is 1. The maximum Gasteiger partial charge on any atom is 0.310 e. The van der Waals surface area contributed by atoms with E-state index in [1.54, 1.807) is 18.0 Å². The van der Waals surface area contributed by atoms with E-state index in [2.05, 4.69) is 10.1 Å². The number of aromatic amines is 1. The van der Waals surface area contributed by atoms with Crippen LogP contribution >= 0.6 is 0 Å². The molecule has 1 N–H and O–H groups in total. The van der Waals surface area contributed by atoms with E-state index >= 15 is 0 Å². The number of ether oxygens (including phenoxy) is 1. The molecule has 4 rings (SSSR count). The summed E-state index contributed by atoms with van der Waals surface area (Å²) in [7, 11) is 0. The van der Waals surface area contributed by atoms with E-state index in [1.807, 2.05) is 25.1 Å². The van der Waals surface area contributed by atoms with E-state index in [1.165, 1.54) is 4.68 Å². The van der Waals surface area contributed by atoms with Gasteiger partial charge in [-0.1, -0.05) is 11.6 Å². The first kappa shape index (κ1) is 19.2. The van der Waals surface area contributed by atoms with Crippen LogP contribution in [0.3, 0.4) is 0 Å². The Morgan fingerprint density at radius 1 is 1.31 bits per heavy atom. The Morgan fingerprint density at radius 3 is 2.93 bits per heavy atom. The van der Waals surface area contributed by atoms with Crippen molar-refractivity contribution in [2.45, 2.75) is 33.2 Å². The van der Waals surface area contributed by atoms with Gasteiger partial charge in [0.15, 0.2) is 0 Å². The zero-order valence-corrected chi connectivity index (χ0v) is 16.6. The average Bonchev–Trinajstić information content (AvgIpc) is 3.09. The Morgan fingerprint density at radius 2 is 2.14 bits per heavy atom. The molecule has 1 fully saturated rings. The SMILES string of the molecule is CCOC(=O)[C@H]1CCCN(C(=O)Cn2ncc3c([nH]c4ccc(C)cc43)c2=O)C1. The standard InChI is InChI=1S/C21H24N4O4/c1-3-29-21(28)14-5-4-8-24(11-14)18(26)12-25-20(27)19-16(10-22-25)15-9-13(2)6-7-17(15)23-19/h6-7,9-10,14,23H,3-5,8,11-12H2,1-2H3/t14-/m0/s1. The average molecular weight is 396 g/mol. The molecule has 0 spiro atoms. The van der Waals surface area contributed by atoms with E-state index in [0.29, 0.717) is 31.6 Å². The van der Waals surface area contributed by atoms with Crippen molar-refractivity contribution in [2.75, 3.05) is 19.7 Å². The largest absolute Gasteiger partial charge is 0.466 e. The van der Waals surface area contributed by atoms with Crippen molar-refractivity contribution in [2.24, 2.45) is 5.92 Å². The molecule has 1 aliphatic rings. The van der Waals surface area contributed by atoms with Gasteiger partial charge in [-0.2, -0.15) is 5.10 Å². The summed E-state index contributed by atoms with van der Waals surface area (Å²) in [5.74, 6) is -0.799. The van der Waals surface area contributed by atoms with Gasteiger partial charge in [0.25, 0.3) is 5.56 Å². The van der Waals surface area contributed by atoms with Gasteiger partial charge in [0, 0.05) is 29.4 Å². The van der Waals surface area contributed by atoms with Crippen LogP contribution in [0.1, 0.15) is 25.3 Å². The lowest BCUT2D eigenvalue weighted by Gasteiger charge is -2.31. The minimum absolute atomic E-state index is 0.154. The quantitative estimate of drug-likeness (QED) is 0.680. The monoisotopic (exact) mass is 396 g/mol. The number of aromatic nitrogens is 3. The summed E-state index contributed by atoms with van der Waals surface area (Å²) in [6, 6.07) is 5.92. The molecule has 0 aliphatic carbocycles. The third kappa shape index (κ3) is 3.62. The Labute approximate surface area is 167 Å². The molecule has 1 atom stereocenters. The minimum atomic E-state index is -0.330. The Balaban J connectivity index is 1.56. The second-order valence-corrected chi connectivity index (χ2v) is 7.50. The first-order valence-corrected chi connectivity index (χ1v) is 9.90. The Kier molecular flexibility index (Phi) is 5.08. The number of rotatable bonds is 4. The van der Waals surface area contributed by atoms with E-state index in [-0.39, 0.29) is 29.9 Å². The first-order valence-electron chi connectivity index (χ1n) is 9.90. The van der Waals surface area contributed by atoms with Crippen LogP contribution in [0.4, 0.5) is 0 Å². The van der Waals surface area contributed by atoms with Gasteiger partial charge in [-0.05, 0) is 38.8 Å². The molecule has 152 valence electrons. The van der Waals surface area contributed by atoms with Crippen molar-refractivity contribution >= 4 is 33.7 Å². The number of carbonyl (C=O) groups is 2. The summed E-state index contributed by atoms with van der Waals surface area (Å²) >= 11 is 0. The maximum absolute atomic E-state index is 12.9. The van der Waals surface area contributed by atoms with Gasteiger partial charge in [0.05, 0.1) is 18.7 Å². The molecule has 8 heteroatoms. The van der Waals surface area contributed by atoms with Crippen LogP contribution in [-0.4, -0.2) is 51.2 Å². The number of fused-ring (bicyclic) bond motifs is 3. The van der Waals surface area contributed by atoms with Gasteiger partial charge < -0.3 is 14.6 Å². The normalized spacial score (nSPS) is 17.0. The maximum atomic E-state index is 12.9. The molecule has 29 heavy (non-hydrogen) atoms. The van der Waals surface area contributed by atoms with Gasteiger partial charge in [-0.3, -0.25) is 14.4 Å². The zero-order valence-electron chi connectivity index (χ0n) is 16.6. The second kappa shape index (κ2) is 7.69. The molecule has 0 unspecified atom stereocenters. The van der Waals surface area contributed by atoms with Crippen molar-refractivity contribution in [3.8, 4) is 0 Å². The molecular formula is C21H24N4O4. The number of esters is 1. The molecular weight excluding hydrogens is 372 g/mol. The number of carbonyl (C=O) groups excluding carboxylic acids is 2. The molecule has 1 aliphatic heterocycles. The number of hydrogen-bond acceptors (Lipinski definition) is 5. The van der Waals surface area contributed by atoms with Gasteiger partial charge in [-0.15, -0.1) is 0 Å². The van der Waals surface area contributed by atoms with Gasteiger partial charge >= 0.3 is 5.97 Å². The predicted molar refractivity (Wildman–Crippen MR) is 109 cm³/mol. The third-order valence-electron chi connectivity index (χ3n) is 5.45. The first-order chi connectivity index (χ1) is 14.0. The number of amides is 1. The summed E-state index contributed by atoms with van der Waals surface area (Å²) in [5, 5.41) is 5.91. The third-order valence-corrected chi connectivity index (χ3v) is 5.45. The van der Waals surface area contributed by atoms with Crippen molar-refractivity contribution < 1.29 is 14.3 Å². The highest BCUT2D eigenvalue weighted by molar-refractivity contribution is 6.06. The van der Waals surface area contributed by atoms with Crippen LogP contribution in [0.15, 0.2) is 29.2 Å². The number of hydrogen-bond donors (Lipinski definition) is 1. The molecule has 3 heterocycles. The molecule has 0 saturated carbocycles. The number of piperidine rings is 1. The second-order valence-electron chi connectivity index (χ2n) is 7.50. The van der Waals surface area contributed by atoms with Crippen molar-refractivity contribution in [1.82, 2.24) is 19.7 Å². The van der Waals surface area contributed by atoms with Crippen LogP contribution in [0.5, 0.6) is 0 Å². The highest BCUT2D eigenvalue weighted by Crippen LogP contribution is 2.23. The number of nitrogens with zero attached hydrogens (tertiary/aromatic N) is 3. The highest BCUT2D eigenvalue weighted by Gasteiger charge is 2.29. The van der Waals surface area contributed by atoms with Crippen LogP contribution in [0.25, 0.3) is 21.8 Å². The fourth-order valence-corrected chi connectivity index (χ4v) is 3.94. The summed E-state index contributed by atoms with van der Waals surface area (Å²) in [4.78, 5) is 42.4. The summed E-state index contributed by atoms with van der Waals surface area (Å²) < 4.78 is 6.27. The number of benzene rings is 1. The fourth-order valence-electron chi connectivity index (χ4n) is 3.94.